The van der Waals surface area contributed by atoms with Gasteiger partial charge < -0.3 is 10.8 Å². The molecule has 0 unspecified atom stereocenters. The van der Waals surface area contributed by atoms with Crippen molar-refractivity contribution in [3.8, 4) is 0 Å². The average molecular weight is 394 g/mol. The number of nitrogens with two attached hydrogens (primary N) is 1. The molecule has 0 radical (unpaired) electrons. The fourth-order valence-electron chi connectivity index (χ4n) is 2.72. The molecule has 0 spiro atoms. The number of pyridine rings is 2. The summed E-state index contributed by atoms with van der Waals surface area (Å²) in [5, 5.41) is 18.8. The molecule has 4 heterocycles. The predicted octanol–water partition coefficient (Wildman–Crippen LogP) is 2.75. The first-order chi connectivity index (χ1) is 13.8. The van der Waals surface area contributed by atoms with Crippen LogP contribution in [0.5, 0.6) is 0 Å². The standard InChI is InChI=1S/C10H9N3O3.C9H9N3O/c1-6(14)8-5-11-13-3-2-7(4-9(8)13)12-10(15)16;1-6(13)8-5-11-12-3-2-7(10)4-9(8)12/h2-5,12H,1H3,(H,15,16);2-5H,10H2,1H3. The Labute approximate surface area is 164 Å². The Balaban J connectivity index is 0.000000169. The first-order valence-electron chi connectivity index (χ1n) is 8.48. The van der Waals surface area contributed by atoms with E-state index >= 15 is 0 Å². The minimum absolute atomic E-state index is 0.000556. The van der Waals surface area contributed by atoms with E-state index in [4.69, 9.17) is 10.8 Å². The maximum absolute atomic E-state index is 11.3. The number of anilines is 2. The van der Waals surface area contributed by atoms with Gasteiger partial charge in [-0.2, -0.15) is 10.2 Å². The highest BCUT2D eigenvalue weighted by atomic mass is 16.4. The van der Waals surface area contributed by atoms with Gasteiger partial charge in [0.2, 0.25) is 0 Å². The van der Waals surface area contributed by atoms with E-state index in [-0.39, 0.29) is 11.6 Å². The Kier molecular flexibility index (Phi) is 5.26. The van der Waals surface area contributed by atoms with Gasteiger partial charge in [0.15, 0.2) is 11.6 Å². The Morgan fingerprint density at radius 2 is 1.45 bits per heavy atom. The summed E-state index contributed by atoms with van der Waals surface area (Å²) in [6.07, 6.45) is 5.19. The molecular weight excluding hydrogens is 376 g/mol. The molecule has 0 saturated heterocycles. The number of aromatic nitrogens is 4. The fourth-order valence-corrected chi connectivity index (χ4v) is 2.72. The Morgan fingerprint density at radius 1 is 0.931 bits per heavy atom. The molecule has 4 rings (SSSR count). The maximum atomic E-state index is 11.3. The number of hydrogen-bond acceptors (Lipinski definition) is 6. The topological polar surface area (TPSA) is 144 Å². The first-order valence-corrected chi connectivity index (χ1v) is 8.48. The smallest absolute Gasteiger partial charge is 0.409 e. The van der Waals surface area contributed by atoms with Gasteiger partial charge in [0, 0.05) is 23.8 Å². The molecular formula is C19H18N6O4. The highest BCUT2D eigenvalue weighted by Crippen LogP contribution is 2.16. The SMILES string of the molecule is CC(=O)c1cnn2ccc(N)cc12.CC(=O)c1cnn2ccc(NC(=O)O)cc12. The predicted molar refractivity (Wildman–Crippen MR) is 106 cm³/mol. The molecule has 0 fully saturated rings. The van der Waals surface area contributed by atoms with Gasteiger partial charge in [0.25, 0.3) is 0 Å². The minimum Gasteiger partial charge on any atom is -0.465 e. The van der Waals surface area contributed by atoms with E-state index in [2.05, 4.69) is 15.5 Å². The van der Waals surface area contributed by atoms with Crippen molar-refractivity contribution in [1.29, 1.82) is 0 Å². The number of nitrogens with one attached hydrogen (secondary N) is 1. The van der Waals surface area contributed by atoms with Gasteiger partial charge >= 0.3 is 6.09 Å². The number of carbonyl (C=O) groups excluding carboxylic acids is 2. The Bertz CT molecular complexity index is 1240. The van der Waals surface area contributed by atoms with Crippen molar-refractivity contribution in [1.82, 2.24) is 19.2 Å². The third-order valence-electron chi connectivity index (χ3n) is 4.08. The van der Waals surface area contributed by atoms with Crippen LogP contribution < -0.4 is 11.1 Å². The van der Waals surface area contributed by atoms with Crippen molar-refractivity contribution >= 4 is 40.1 Å². The van der Waals surface area contributed by atoms with Crippen LogP contribution in [0.3, 0.4) is 0 Å². The molecule has 10 heteroatoms. The van der Waals surface area contributed by atoms with Crippen molar-refractivity contribution in [2.75, 3.05) is 11.1 Å². The van der Waals surface area contributed by atoms with Crippen LogP contribution in [0.2, 0.25) is 0 Å². The van der Waals surface area contributed by atoms with Crippen molar-refractivity contribution in [3.05, 3.63) is 60.2 Å². The molecule has 0 aliphatic carbocycles. The zero-order valence-corrected chi connectivity index (χ0v) is 15.7. The maximum Gasteiger partial charge on any atom is 0.409 e. The number of hydrogen-bond donors (Lipinski definition) is 3. The van der Waals surface area contributed by atoms with Gasteiger partial charge in [-0.1, -0.05) is 0 Å². The van der Waals surface area contributed by atoms with Gasteiger partial charge in [-0.05, 0) is 38.1 Å². The van der Waals surface area contributed by atoms with E-state index in [0.29, 0.717) is 28.0 Å². The highest BCUT2D eigenvalue weighted by Gasteiger charge is 2.09. The summed E-state index contributed by atoms with van der Waals surface area (Å²) >= 11 is 0. The van der Waals surface area contributed by atoms with Crippen molar-refractivity contribution < 1.29 is 19.5 Å². The molecule has 10 nitrogen and oxygen atoms in total. The van der Waals surface area contributed by atoms with Crippen molar-refractivity contribution in [2.45, 2.75) is 13.8 Å². The zero-order chi connectivity index (χ0) is 21.1. The van der Waals surface area contributed by atoms with Crippen LogP contribution in [0.1, 0.15) is 34.6 Å². The molecule has 0 aromatic carbocycles. The third-order valence-corrected chi connectivity index (χ3v) is 4.08. The molecule has 0 atom stereocenters. The quantitative estimate of drug-likeness (QED) is 0.453. The van der Waals surface area contributed by atoms with Gasteiger partial charge in [0.05, 0.1) is 34.6 Å². The lowest BCUT2D eigenvalue weighted by molar-refractivity contribution is 0.101. The van der Waals surface area contributed by atoms with Crippen LogP contribution in [0.15, 0.2) is 49.1 Å². The summed E-state index contributed by atoms with van der Waals surface area (Å²) in [5.74, 6) is -0.108. The van der Waals surface area contributed by atoms with Crippen LogP contribution in [0, 0.1) is 0 Å². The number of nitrogens with zero attached hydrogens (tertiary/aromatic N) is 4. The lowest BCUT2D eigenvalue weighted by Gasteiger charge is -2.01. The zero-order valence-electron chi connectivity index (χ0n) is 15.7. The van der Waals surface area contributed by atoms with Gasteiger partial charge in [-0.15, -0.1) is 0 Å². The molecule has 0 aliphatic rings. The second-order valence-corrected chi connectivity index (χ2v) is 6.19. The Hall–Kier alpha value is -4.21. The molecule has 4 aromatic rings. The van der Waals surface area contributed by atoms with Crippen LogP contribution in [0.25, 0.3) is 11.0 Å². The number of amides is 1. The average Bonchev–Trinajstić information content (AvgIpc) is 3.25. The van der Waals surface area contributed by atoms with E-state index in [1.165, 1.54) is 24.6 Å². The molecule has 148 valence electrons. The number of carbonyl (C=O) groups is 3. The summed E-state index contributed by atoms with van der Waals surface area (Å²) in [7, 11) is 0. The lowest BCUT2D eigenvalue weighted by Crippen LogP contribution is -2.07. The first kappa shape index (κ1) is 19.5. The van der Waals surface area contributed by atoms with E-state index in [9.17, 15) is 14.4 Å². The molecule has 0 aliphatic heterocycles. The van der Waals surface area contributed by atoms with Gasteiger partial charge in [-0.25, -0.2) is 13.8 Å². The van der Waals surface area contributed by atoms with E-state index in [1.807, 2.05) is 0 Å². The summed E-state index contributed by atoms with van der Waals surface area (Å²) in [5.41, 5.74) is 9.05. The van der Waals surface area contributed by atoms with Crippen molar-refractivity contribution in [2.24, 2.45) is 0 Å². The number of ketones is 2. The van der Waals surface area contributed by atoms with Crippen molar-refractivity contribution in [3.63, 3.8) is 0 Å². The Morgan fingerprint density at radius 3 is 1.97 bits per heavy atom. The number of fused-ring (bicyclic) bond motifs is 2. The van der Waals surface area contributed by atoms with Crippen LogP contribution in [-0.2, 0) is 0 Å². The number of carboxylic acid groups (broad SMARTS) is 1. The van der Waals surface area contributed by atoms with Gasteiger partial charge in [0.1, 0.15) is 0 Å². The van der Waals surface area contributed by atoms with Crippen LogP contribution in [-0.4, -0.2) is 42.0 Å². The van der Waals surface area contributed by atoms with E-state index in [1.54, 1.807) is 47.4 Å². The third kappa shape index (κ3) is 4.21. The molecule has 0 bridgehead atoms. The monoisotopic (exact) mass is 394 g/mol. The lowest BCUT2D eigenvalue weighted by atomic mass is 10.2. The van der Waals surface area contributed by atoms with E-state index < -0.39 is 6.09 Å². The largest absolute Gasteiger partial charge is 0.465 e. The molecule has 29 heavy (non-hydrogen) atoms. The molecule has 0 saturated carbocycles. The minimum atomic E-state index is -1.15. The number of nitrogen functional groups attached to an aromatic ring is 1. The summed E-state index contributed by atoms with van der Waals surface area (Å²) in [6, 6.07) is 6.61. The van der Waals surface area contributed by atoms with Gasteiger partial charge in [-0.3, -0.25) is 14.9 Å². The van der Waals surface area contributed by atoms with Crippen LogP contribution >= 0.6 is 0 Å². The second kappa shape index (κ2) is 7.80. The number of Topliss-reactive ketones (excluding diaryl/α,β-unsaturated/α-hetero) is 2. The molecule has 4 aromatic heterocycles. The highest BCUT2D eigenvalue weighted by molar-refractivity contribution is 6.01. The second-order valence-electron chi connectivity index (χ2n) is 6.19. The molecule has 4 N–H and O–H groups in total. The van der Waals surface area contributed by atoms with Crippen LogP contribution in [0.4, 0.5) is 16.2 Å². The normalized spacial score (nSPS) is 10.4. The fraction of sp³-hybridized carbons (Fsp3) is 0.105. The number of rotatable bonds is 3. The summed E-state index contributed by atoms with van der Waals surface area (Å²) < 4.78 is 3.15. The summed E-state index contributed by atoms with van der Waals surface area (Å²) in [6.45, 7) is 2.95. The van der Waals surface area contributed by atoms with E-state index in [0.717, 1.165) is 5.52 Å². The summed E-state index contributed by atoms with van der Waals surface area (Å²) in [4.78, 5) is 32.9. The molecule has 1 amide bonds.